The fourth-order valence-electron chi connectivity index (χ4n) is 0.481. The van der Waals surface area contributed by atoms with E-state index in [-0.39, 0.29) is 22.7 Å². The van der Waals surface area contributed by atoms with Crippen molar-refractivity contribution in [1.82, 2.24) is 0 Å². The van der Waals surface area contributed by atoms with Crippen LogP contribution in [0, 0.1) is 5.82 Å². The fraction of sp³-hybridized carbons (Fsp3) is 0. The van der Waals surface area contributed by atoms with Crippen LogP contribution in [-0.4, -0.2) is 5.11 Å². The highest BCUT2D eigenvalue weighted by Crippen LogP contribution is 2.19. The van der Waals surface area contributed by atoms with Gasteiger partial charge in [-0.05, 0) is 18.2 Å². The zero-order valence-electron chi connectivity index (χ0n) is 4.84. The molecular formula is C6H5Br2FO. The van der Waals surface area contributed by atoms with Crippen LogP contribution in [-0.2, 0) is 0 Å². The third-order valence-electron chi connectivity index (χ3n) is 0.910. The third kappa shape index (κ3) is 2.27. The Balaban J connectivity index is 0.000000810. The molecule has 56 valence electrons. The molecule has 0 aliphatic heterocycles. The lowest BCUT2D eigenvalue weighted by Gasteiger charge is -1.92. The average Bonchev–Trinajstić information content (AvgIpc) is 1.80. The molecule has 0 unspecified atom stereocenters. The molecule has 4 heteroatoms. The van der Waals surface area contributed by atoms with Crippen LogP contribution in [0.25, 0.3) is 0 Å². The van der Waals surface area contributed by atoms with Crippen LogP contribution >= 0.6 is 32.9 Å². The number of benzene rings is 1. The molecule has 1 aromatic rings. The maximum atomic E-state index is 12.3. The van der Waals surface area contributed by atoms with Crippen LogP contribution in [0.3, 0.4) is 0 Å². The molecule has 1 rings (SSSR count). The Morgan fingerprint density at radius 2 is 2.00 bits per heavy atom. The van der Waals surface area contributed by atoms with E-state index in [1.807, 2.05) is 0 Å². The normalized spacial score (nSPS) is 8.60. The van der Waals surface area contributed by atoms with E-state index in [2.05, 4.69) is 15.9 Å². The first kappa shape index (κ1) is 9.91. The largest absolute Gasteiger partial charge is 0.505 e. The lowest BCUT2D eigenvalue weighted by atomic mass is 10.3. The second-order valence-electron chi connectivity index (χ2n) is 1.60. The lowest BCUT2D eigenvalue weighted by Crippen LogP contribution is -1.73. The van der Waals surface area contributed by atoms with Gasteiger partial charge < -0.3 is 5.11 Å². The Bertz CT molecular complexity index is 227. The zero-order chi connectivity index (χ0) is 6.85. The van der Waals surface area contributed by atoms with Gasteiger partial charge in [-0.25, -0.2) is 4.39 Å². The smallest absolute Gasteiger partial charge is 0.165 e. The number of phenolic OH excluding ortho intramolecular Hbond substituents is 1. The summed E-state index contributed by atoms with van der Waals surface area (Å²) in [5, 5.41) is 8.65. The molecule has 0 atom stereocenters. The standard InChI is InChI=1S/C6H4BrFO.BrH/c7-4-1-2-6(9)5(8)3-4;/h1-3,9H;1H. The Morgan fingerprint density at radius 1 is 1.40 bits per heavy atom. The fourth-order valence-corrected chi connectivity index (χ4v) is 0.814. The van der Waals surface area contributed by atoms with Gasteiger partial charge in [0.2, 0.25) is 0 Å². The topological polar surface area (TPSA) is 20.2 Å². The van der Waals surface area contributed by atoms with E-state index in [0.717, 1.165) is 0 Å². The molecule has 1 aromatic carbocycles. The average molecular weight is 272 g/mol. The molecule has 10 heavy (non-hydrogen) atoms. The van der Waals surface area contributed by atoms with Crippen LogP contribution in [0.1, 0.15) is 0 Å². The van der Waals surface area contributed by atoms with E-state index >= 15 is 0 Å². The highest BCUT2D eigenvalue weighted by molar-refractivity contribution is 9.10. The summed E-state index contributed by atoms with van der Waals surface area (Å²) in [6, 6.07) is 4.06. The minimum atomic E-state index is -0.607. The monoisotopic (exact) mass is 270 g/mol. The van der Waals surface area contributed by atoms with Gasteiger partial charge in [-0.2, -0.15) is 0 Å². The van der Waals surface area contributed by atoms with Crippen molar-refractivity contribution in [2.24, 2.45) is 0 Å². The van der Waals surface area contributed by atoms with Crippen molar-refractivity contribution in [2.75, 3.05) is 0 Å². The summed E-state index contributed by atoms with van der Waals surface area (Å²) in [6.45, 7) is 0. The summed E-state index contributed by atoms with van der Waals surface area (Å²) in [6.07, 6.45) is 0. The summed E-state index contributed by atoms with van der Waals surface area (Å²) in [4.78, 5) is 0. The maximum Gasteiger partial charge on any atom is 0.165 e. The molecule has 0 spiro atoms. The summed E-state index contributed by atoms with van der Waals surface area (Å²) in [5.74, 6) is -0.928. The second-order valence-corrected chi connectivity index (χ2v) is 2.51. The number of halogens is 3. The molecule has 0 bridgehead atoms. The maximum absolute atomic E-state index is 12.3. The highest BCUT2D eigenvalue weighted by Gasteiger charge is 1.97. The van der Waals surface area contributed by atoms with Crippen molar-refractivity contribution < 1.29 is 9.50 Å². The minimum Gasteiger partial charge on any atom is -0.505 e. The van der Waals surface area contributed by atoms with Gasteiger partial charge in [-0.15, -0.1) is 17.0 Å². The molecule has 1 N–H and O–H groups in total. The van der Waals surface area contributed by atoms with Crippen LogP contribution < -0.4 is 0 Å². The third-order valence-corrected chi connectivity index (χ3v) is 1.40. The second kappa shape index (κ2) is 3.93. The van der Waals surface area contributed by atoms with Crippen LogP contribution in [0.5, 0.6) is 5.75 Å². The quantitative estimate of drug-likeness (QED) is 0.769. The van der Waals surface area contributed by atoms with Gasteiger partial charge in [0.1, 0.15) is 0 Å². The number of aromatic hydroxyl groups is 1. The Labute approximate surface area is 76.8 Å². The molecule has 0 aliphatic rings. The predicted octanol–water partition coefficient (Wildman–Crippen LogP) is 2.87. The van der Waals surface area contributed by atoms with E-state index in [0.29, 0.717) is 4.47 Å². The van der Waals surface area contributed by atoms with Crippen molar-refractivity contribution >= 4 is 32.9 Å². The molecule has 1 nitrogen and oxygen atoms in total. The van der Waals surface area contributed by atoms with Crippen LogP contribution in [0.4, 0.5) is 4.39 Å². The van der Waals surface area contributed by atoms with Gasteiger partial charge in [-0.1, -0.05) is 15.9 Å². The lowest BCUT2D eigenvalue weighted by molar-refractivity contribution is 0.432. The van der Waals surface area contributed by atoms with E-state index < -0.39 is 5.82 Å². The van der Waals surface area contributed by atoms with E-state index in [1.54, 1.807) is 6.07 Å². The van der Waals surface area contributed by atoms with Crippen molar-refractivity contribution in [3.8, 4) is 5.75 Å². The number of rotatable bonds is 0. The van der Waals surface area contributed by atoms with Crippen LogP contribution in [0.15, 0.2) is 22.7 Å². The minimum absolute atomic E-state index is 0. The van der Waals surface area contributed by atoms with Crippen molar-refractivity contribution in [1.29, 1.82) is 0 Å². The number of phenols is 1. The van der Waals surface area contributed by atoms with Crippen molar-refractivity contribution in [3.05, 3.63) is 28.5 Å². The van der Waals surface area contributed by atoms with Gasteiger partial charge in [0.25, 0.3) is 0 Å². The van der Waals surface area contributed by atoms with Crippen molar-refractivity contribution in [3.63, 3.8) is 0 Å². The Hall–Kier alpha value is -0.0900. The first-order valence-electron chi connectivity index (χ1n) is 2.34. The Morgan fingerprint density at radius 3 is 2.40 bits per heavy atom. The van der Waals surface area contributed by atoms with E-state index in [4.69, 9.17) is 5.11 Å². The highest BCUT2D eigenvalue weighted by atomic mass is 79.9. The zero-order valence-corrected chi connectivity index (χ0v) is 8.14. The molecule has 0 fully saturated rings. The summed E-state index contributed by atoms with van der Waals surface area (Å²) >= 11 is 3.05. The van der Waals surface area contributed by atoms with Gasteiger partial charge >= 0.3 is 0 Å². The van der Waals surface area contributed by atoms with Gasteiger partial charge in [0.05, 0.1) is 0 Å². The van der Waals surface area contributed by atoms with Gasteiger partial charge in [0.15, 0.2) is 11.6 Å². The molecule has 0 aromatic heterocycles. The molecule has 0 amide bonds. The first-order valence-corrected chi connectivity index (χ1v) is 3.13. The molecule has 0 saturated carbocycles. The van der Waals surface area contributed by atoms with Gasteiger partial charge in [-0.3, -0.25) is 0 Å². The van der Waals surface area contributed by atoms with E-state index in [9.17, 15) is 4.39 Å². The van der Waals surface area contributed by atoms with E-state index in [1.165, 1.54) is 12.1 Å². The SMILES string of the molecule is Br.Oc1ccc(Br)cc1F. The van der Waals surface area contributed by atoms with Gasteiger partial charge in [0, 0.05) is 4.47 Å². The first-order chi connectivity index (χ1) is 4.20. The predicted molar refractivity (Wildman–Crippen MR) is 46.1 cm³/mol. The van der Waals surface area contributed by atoms with Crippen LogP contribution in [0.2, 0.25) is 0 Å². The Kier molecular flexibility index (Phi) is 3.89. The molecule has 0 radical (unpaired) electrons. The van der Waals surface area contributed by atoms with Crippen molar-refractivity contribution in [2.45, 2.75) is 0 Å². The summed E-state index contributed by atoms with van der Waals surface area (Å²) in [7, 11) is 0. The summed E-state index contributed by atoms with van der Waals surface area (Å²) < 4.78 is 12.9. The number of hydrogen-bond acceptors (Lipinski definition) is 1. The number of hydrogen-bond donors (Lipinski definition) is 1. The molecule has 0 aliphatic carbocycles. The molecule has 0 saturated heterocycles. The summed E-state index contributed by atoms with van der Waals surface area (Å²) in [5.41, 5.74) is 0. The molecular weight excluding hydrogens is 267 g/mol. The molecule has 0 heterocycles.